The minimum Gasteiger partial charge on any atom is -0.497 e. The predicted octanol–water partition coefficient (Wildman–Crippen LogP) is 5.03. The highest BCUT2D eigenvalue weighted by molar-refractivity contribution is 5.94. The molecule has 0 spiro atoms. The van der Waals surface area contributed by atoms with Gasteiger partial charge in [0.25, 0.3) is 0 Å². The van der Waals surface area contributed by atoms with E-state index >= 15 is 0 Å². The Morgan fingerprint density at radius 3 is 1.50 bits per heavy atom. The zero-order valence-electron chi connectivity index (χ0n) is 17.5. The fourth-order valence-corrected chi connectivity index (χ4v) is 3.14. The average molecular weight is 404 g/mol. The van der Waals surface area contributed by atoms with Crippen molar-refractivity contribution in [1.82, 2.24) is 0 Å². The summed E-state index contributed by atoms with van der Waals surface area (Å²) < 4.78 is 15.3. The summed E-state index contributed by atoms with van der Waals surface area (Å²) in [6.07, 6.45) is 0. The van der Waals surface area contributed by atoms with E-state index in [1.165, 1.54) is 31.4 Å². The van der Waals surface area contributed by atoms with E-state index in [0.717, 1.165) is 16.9 Å². The average Bonchev–Trinajstić information content (AvgIpc) is 2.79. The van der Waals surface area contributed by atoms with Crippen LogP contribution in [0.3, 0.4) is 0 Å². The molecule has 0 aromatic heterocycles. The van der Waals surface area contributed by atoms with Gasteiger partial charge in [-0.1, -0.05) is 38.1 Å². The molecule has 0 heterocycles. The van der Waals surface area contributed by atoms with Gasteiger partial charge < -0.3 is 14.2 Å². The van der Waals surface area contributed by atoms with Crippen LogP contribution in [-0.2, 0) is 10.2 Å². The summed E-state index contributed by atoms with van der Waals surface area (Å²) in [4.78, 5) is 23.9. The van der Waals surface area contributed by atoms with Crippen molar-refractivity contribution >= 4 is 11.9 Å². The van der Waals surface area contributed by atoms with Crippen molar-refractivity contribution in [2.24, 2.45) is 0 Å². The minimum absolute atomic E-state index is 0.224. The van der Waals surface area contributed by atoms with Crippen LogP contribution >= 0.6 is 0 Å². The summed E-state index contributed by atoms with van der Waals surface area (Å²) >= 11 is 0. The van der Waals surface area contributed by atoms with Crippen molar-refractivity contribution in [3.8, 4) is 11.5 Å². The molecule has 0 radical (unpaired) electrons. The third-order valence-electron chi connectivity index (χ3n) is 5.14. The van der Waals surface area contributed by atoms with Crippen LogP contribution in [0.4, 0.5) is 0 Å². The van der Waals surface area contributed by atoms with Gasteiger partial charge in [-0.15, -0.1) is 0 Å². The van der Waals surface area contributed by atoms with Crippen LogP contribution in [0.25, 0.3) is 0 Å². The Kier molecular flexibility index (Phi) is 6.21. The Balaban J connectivity index is 1.71. The number of methoxy groups -OCH3 is 2. The SMILES string of the molecule is COC(=O)c1ccc(C(=O)Oc2ccc(C(C)(C)c3ccc(OC)cc3)cc2)cc1. The maximum atomic E-state index is 12.4. The highest BCUT2D eigenvalue weighted by atomic mass is 16.5. The van der Waals surface area contributed by atoms with Crippen molar-refractivity contribution in [3.05, 3.63) is 95.1 Å². The maximum Gasteiger partial charge on any atom is 0.343 e. The van der Waals surface area contributed by atoms with Crippen LogP contribution in [0.15, 0.2) is 72.8 Å². The third kappa shape index (κ3) is 4.51. The molecule has 0 saturated carbocycles. The second kappa shape index (κ2) is 8.82. The molecule has 3 rings (SSSR count). The molecule has 0 atom stereocenters. The molecule has 0 aliphatic heterocycles. The van der Waals surface area contributed by atoms with Crippen LogP contribution in [0.1, 0.15) is 45.7 Å². The summed E-state index contributed by atoms with van der Waals surface area (Å²) in [5, 5.41) is 0. The van der Waals surface area contributed by atoms with Crippen LogP contribution in [-0.4, -0.2) is 26.2 Å². The highest BCUT2D eigenvalue weighted by Crippen LogP contribution is 2.33. The molecule has 154 valence electrons. The molecule has 0 aliphatic rings. The predicted molar refractivity (Wildman–Crippen MR) is 114 cm³/mol. The zero-order chi connectivity index (χ0) is 21.7. The van der Waals surface area contributed by atoms with Gasteiger partial charge in [-0.05, 0) is 59.7 Å². The third-order valence-corrected chi connectivity index (χ3v) is 5.14. The van der Waals surface area contributed by atoms with Gasteiger partial charge in [0.15, 0.2) is 0 Å². The lowest BCUT2D eigenvalue weighted by Crippen LogP contribution is -2.18. The first-order valence-electron chi connectivity index (χ1n) is 9.51. The lowest BCUT2D eigenvalue weighted by molar-refractivity contribution is 0.0599. The number of benzene rings is 3. The topological polar surface area (TPSA) is 61.8 Å². The van der Waals surface area contributed by atoms with E-state index in [1.807, 2.05) is 36.4 Å². The standard InChI is InChI=1S/C25H24O5/c1-25(2,19-9-13-21(28-3)14-10-19)20-11-15-22(16-12-20)30-24(27)18-7-5-17(6-8-18)23(26)29-4/h5-16H,1-4H3. The molecule has 3 aromatic rings. The van der Waals surface area contributed by atoms with E-state index in [0.29, 0.717) is 16.9 Å². The number of hydrogen-bond acceptors (Lipinski definition) is 5. The smallest absolute Gasteiger partial charge is 0.343 e. The zero-order valence-corrected chi connectivity index (χ0v) is 17.5. The summed E-state index contributed by atoms with van der Waals surface area (Å²) in [5.74, 6) is 0.321. The quantitative estimate of drug-likeness (QED) is 0.426. The monoisotopic (exact) mass is 404 g/mol. The van der Waals surface area contributed by atoms with Crippen molar-refractivity contribution in [3.63, 3.8) is 0 Å². The van der Waals surface area contributed by atoms with Crippen molar-refractivity contribution in [2.45, 2.75) is 19.3 Å². The number of carbonyl (C=O) groups is 2. The van der Waals surface area contributed by atoms with Gasteiger partial charge in [-0.25, -0.2) is 9.59 Å². The molecule has 0 fully saturated rings. The fourth-order valence-electron chi connectivity index (χ4n) is 3.14. The van der Waals surface area contributed by atoms with Gasteiger partial charge in [-0.2, -0.15) is 0 Å². The van der Waals surface area contributed by atoms with Crippen LogP contribution in [0.2, 0.25) is 0 Å². The fraction of sp³-hybridized carbons (Fsp3) is 0.200. The number of esters is 2. The lowest BCUT2D eigenvalue weighted by Gasteiger charge is -2.26. The lowest BCUT2D eigenvalue weighted by atomic mass is 9.78. The summed E-state index contributed by atoms with van der Waals surface area (Å²) in [5.41, 5.74) is 2.75. The normalized spacial score (nSPS) is 10.9. The number of rotatable bonds is 6. The van der Waals surface area contributed by atoms with Crippen molar-refractivity contribution < 1.29 is 23.8 Å². The molecule has 0 aliphatic carbocycles. The molecule has 3 aromatic carbocycles. The second-order valence-electron chi connectivity index (χ2n) is 7.34. The highest BCUT2D eigenvalue weighted by Gasteiger charge is 2.23. The molecule has 0 amide bonds. The minimum atomic E-state index is -0.492. The Bertz CT molecular complexity index is 1020. The van der Waals surface area contributed by atoms with Gasteiger partial charge in [0, 0.05) is 5.41 Å². The van der Waals surface area contributed by atoms with E-state index in [9.17, 15) is 9.59 Å². The van der Waals surface area contributed by atoms with Gasteiger partial charge in [0.2, 0.25) is 0 Å². The van der Waals surface area contributed by atoms with E-state index in [2.05, 4.69) is 18.6 Å². The van der Waals surface area contributed by atoms with Crippen LogP contribution in [0.5, 0.6) is 11.5 Å². The Hall–Kier alpha value is -3.60. The summed E-state index contributed by atoms with van der Waals surface area (Å²) in [6.45, 7) is 4.28. The van der Waals surface area contributed by atoms with Crippen LogP contribution in [0, 0.1) is 0 Å². The molecule has 5 nitrogen and oxygen atoms in total. The van der Waals surface area contributed by atoms with E-state index in [4.69, 9.17) is 9.47 Å². The molecule has 5 heteroatoms. The first-order valence-corrected chi connectivity index (χ1v) is 9.51. The van der Waals surface area contributed by atoms with Crippen molar-refractivity contribution in [2.75, 3.05) is 14.2 Å². The van der Waals surface area contributed by atoms with E-state index in [-0.39, 0.29) is 5.41 Å². The molecular weight excluding hydrogens is 380 g/mol. The first kappa shape index (κ1) is 21.1. The Morgan fingerprint density at radius 1 is 0.633 bits per heavy atom. The second-order valence-corrected chi connectivity index (χ2v) is 7.34. The van der Waals surface area contributed by atoms with Gasteiger partial charge >= 0.3 is 11.9 Å². The first-order chi connectivity index (χ1) is 14.3. The number of carbonyl (C=O) groups excluding carboxylic acids is 2. The van der Waals surface area contributed by atoms with Gasteiger partial charge in [0.05, 0.1) is 25.3 Å². The molecular formula is C25H24O5. The number of ether oxygens (including phenoxy) is 3. The van der Waals surface area contributed by atoms with E-state index in [1.54, 1.807) is 19.2 Å². The van der Waals surface area contributed by atoms with Gasteiger partial charge in [0.1, 0.15) is 11.5 Å². The maximum absolute atomic E-state index is 12.4. The molecule has 30 heavy (non-hydrogen) atoms. The molecule has 0 saturated heterocycles. The molecule has 0 bridgehead atoms. The Morgan fingerprint density at radius 2 is 1.07 bits per heavy atom. The summed E-state index contributed by atoms with van der Waals surface area (Å²) in [6, 6.07) is 21.6. The summed E-state index contributed by atoms with van der Waals surface area (Å²) in [7, 11) is 2.96. The van der Waals surface area contributed by atoms with E-state index < -0.39 is 11.9 Å². The number of hydrogen-bond donors (Lipinski definition) is 0. The largest absolute Gasteiger partial charge is 0.497 e. The molecule has 0 N–H and O–H groups in total. The van der Waals surface area contributed by atoms with Crippen LogP contribution < -0.4 is 9.47 Å². The van der Waals surface area contributed by atoms with Gasteiger partial charge in [-0.3, -0.25) is 0 Å². The molecule has 0 unspecified atom stereocenters. The Labute approximate surface area is 176 Å². The van der Waals surface area contributed by atoms with Crippen molar-refractivity contribution in [1.29, 1.82) is 0 Å².